The van der Waals surface area contributed by atoms with Crippen LogP contribution in [0.2, 0.25) is 0 Å². The number of carbonyl (C=O) groups is 1. The Labute approximate surface area is 115 Å². The number of aromatic nitrogens is 2. The van der Waals surface area contributed by atoms with E-state index in [0.29, 0.717) is 11.3 Å². The lowest BCUT2D eigenvalue weighted by atomic mass is 10.2. The molecule has 0 aliphatic rings. The van der Waals surface area contributed by atoms with Gasteiger partial charge in [0.25, 0.3) is 5.69 Å². The van der Waals surface area contributed by atoms with Crippen LogP contribution in [-0.2, 0) is 11.3 Å². The zero-order valence-corrected chi connectivity index (χ0v) is 11.2. The molecule has 2 rings (SSSR count). The molecular formula is C13H14N4O3. The summed E-state index contributed by atoms with van der Waals surface area (Å²) in [5.74, 6) is -0.228. The molecule has 20 heavy (non-hydrogen) atoms. The minimum atomic E-state index is -0.467. The van der Waals surface area contributed by atoms with Gasteiger partial charge >= 0.3 is 0 Å². The molecule has 1 aromatic heterocycles. The molecule has 0 fully saturated rings. The summed E-state index contributed by atoms with van der Waals surface area (Å²) in [7, 11) is 0. The predicted molar refractivity (Wildman–Crippen MR) is 73.4 cm³/mol. The van der Waals surface area contributed by atoms with Gasteiger partial charge in [0.05, 0.1) is 4.92 Å². The quantitative estimate of drug-likeness (QED) is 0.682. The van der Waals surface area contributed by atoms with E-state index in [9.17, 15) is 14.9 Å². The van der Waals surface area contributed by atoms with Gasteiger partial charge in [-0.1, -0.05) is 0 Å². The first kappa shape index (κ1) is 13.7. The van der Waals surface area contributed by atoms with Gasteiger partial charge in [-0.2, -0.15) is 5.10 Å². The molecule has 0 aliphatic carbocycles. The largest absolute Gasteiger partial charge is 0.324 e. The lowest BCUT2D eigenvalue weighted by Gasteiger charge is -2.09. The van der Waals surface area contributed by atoms with Crippen molar-refractivity contribution in [2.45, 2.75) is 20.4 Å². The smallest absolute Gasteiger partial charge is 0.269 e. The molecule has 1 heterocycles. The molecule has 0 spiro atoms. The number of amides is 1. The van der Waals surface area contributed by atoms with E-state index in [0.717, 1.165) is 5.69 Å². The zero-order chi connectivity index (χ0) is 14.7. The summed E-state index contributed by atoms with van der Waals surface area (Å²) in [6.45, 7) is 3.68. The van der Waals surface area contributed by atoms with Gasteiger partial charge in [0.1, 0.15) is 6.54 Å². The number of hydrogen-bond donors (Lipinski definition) is 1. The second-order valence-corrected chi connectivity index (χ2v) is 4.43. The maximum atomic E-state index is 11.9. The lowest BCUT2D eigenvalue weighted by Crippen LogP contribution is -2.20. The second kappa shape index (κ2) is 5.52. The van der Waals surface area contributed by atoms with Gasteiger partial charge in [0.2, 0.25) is 5.91 Å². The summed E-state index contributed by atoms with van der Waals surface area (Å²) in [6, 6.07) is 6.13. The van der Waals surface area contributed by atoms with Gasteiger partial charge in [-0.15, -0.1) is 0 Å². The first-order valence-corrected chi connectivity index (χ1v) is 6.00. The van der Waals surface area contributed by atoms with Crippen LogP contribution in [-0.4, -0.2) is 20.6 Å². The monoisotopic (exact) mass is 274 g/mol. The maximum absolute atomic E-state index is 11.9. The molecule has 104 valence electrons. The van der Waals surface area contributed by atoms with Crippen LogP contribution >= 0.6 is 0 Å². The number of aryl methyl sites for hydroxylation is 2. The van der Waals surface area contributed by atoms with E-state index in [1.54, 1.807) is 17.8 Å². The molecule has 0 radical (unpaired) electrons. The van der Waals surface area contributed by atoms with Gasteiger partial charge in [-0.05, 0) is 31.5 Å². The molecular weight excluding hydrogens is 260 g/mol. The number of nitro groups is 1. The lowest BCUT2D eigenvalue weighted by molar-refractivity contribution is -0.384. The minimum Gasteiger partial charge on any atom is -0.324 e. The summed E-state index contributed by atoms with van der Waals surface area (Å²) in [5.41, 5.74) is 2.10. The molecule has 1 aromatic carbocycles. The van der Waals surface area contributed by atoms with Crippen LogP contribution in [0, 0.1) is 24.0 Å². The molecule has 0 unspecified atom stereocenters. The van der Waals surface area contributed by atoms with Crippen molar-refractivity contribution in [3.8, 4) is 0 Å². The fourth-order valence-corrected chi connectivity index (χ4v) is 1.79. The average molecular weight is 274 g/mol. The fourth-order valence-electron chi connectivity index (χ4n) is 1.79. The average Bonchev–Trinajstić information content (AvgIpc) is 2.77. The van der Waals surface area contributed by atoms with Crippen LogP contribution in [0.1, 0.15) is 11.3 Å². The minimum absolute atomic E-state index is 0.00317. The number of carbonyl (C=O) groups excluding carboxylic acids is 1. The fraction of sp³-hybridized carbons (Fsp3) is 0.231. The molecule has 1 N–H and O–H groups in total. The Morgan fingerprint density at radius 2 is 2.15 bits per heavy atom. The molecule has 0 bridgehead atoms. The Bertz CT molecular complexity index is 663. The molecule has 2 aromatic rings. The normalized spacial score (nSPS) is 10.3. The Morgan fingerprint density at radius 1 is 1.40 bits per heavy atom. The summed E-state index contributed by atoms with van der Waals surface area (Å²) in [5, 5.41) is 17.4. The Hall–Kier alpha value is -2.70. The number of rotatable bonds is 4. The van der Waals surface area contributed by atoms with Crippen molar-refractivity contribution in [2.75, 3.05) is 5.32 Å². The van der Waals surface area contributed by atoms with Crippen molar-refractivity contribution >= 4 is 17.3 Å². The number of anilines is 1. The molecule has 7 nitrogen and oxygen atoms in total. The first-order valence-electron chi connectivity index (χ1n) is 6.00. The zero-order valence-electron chi connectivity index (χ0n) is 11.2. The summed E-state index contributed by atoms with van der Waals surface area (Å²) in [6.07, 6.45) is 1.62. The van der Waals surface area contributed by atoms with Crippen LogP contribution in [0.15, 0.2) is 30.5 Å². The Morgan fingerprint density at radius 3 is 2.70 bits per heavy atom. The Kier molecular flexibility index (Phi) is 3.79. The van der Waals surface area contributed by atoms with Crippen molar-refractivity contribution in [3.63, 3.8) is 0 Å². The van der Waals surface area contributed by atoms with Gasteiger partial charge in [0.15, 0.2) is 0 Å². The van der Waals surface area contributed by atoms with Crippen molar-refractivity contribution < 1.29 is 9.72 Å². The molecule has 7 heteroatoms. The van der Waals surface area contributed by atoms with Crippen molar-refractivity contribution in [2.24, 2.45) is 0 Å². The van der Waals surface area contributed by atoms with Crippen molar-refractivity contribution in [1.29, 1.82) is 0 Å². The SMILES string of the molecule is Cc1cc([N+](=O)[O-])ccc1NC(=O)Cn1nccc1C. The highest BCUT2D eigenvalue weighted by atomic mass is 16.6. The van der Waals surface area contributed by atoms with Crippen LogP contribution in [0.25, 0.3) is 0 Å². The topological polar surface area (TPSA) is 90.1 Å². The van der Waals surface area contributed by atoms with Gasteiger partial charge in [-0.3, -0.25) is 19.6 Å². The molecule has 0 aliphatic heterocycles. The second-order valence-electron chi connectivity index (χ2n) is 4.43. The number of nitrogens with zero attached hydrogens (tertiary/aromatic N) is 3. The third-order valence-corrected chi connectivity index (χ3v) is 2.92. The standard InChI is InChI=1S/C13H14N4O3/c1-9-7-11(17(19)20)3-4-12(9)15-13(18)8-16-10(2)5-6-14-16/h3-7H,8H2,1-2H3,(H,15,18). The van der Waals surface area contributed by atoms with E-state index >= 15 is 0 Å². The van der Waals surface area contributed by atoms with E-state index < -0.39 is 4.92 Å². The molecule has 0 saturated heterocycles. The van der Waals surface area contributed by atoms with Crippen molar-refractivity contribution in [3.05, 3.63) is 51.8 Å². The summed E-state index contributed by atoms with van der Waals surface area (Å²) >= 11 is 0. The van der Waals surface area contributed by atoms with E-state index in [1.807, 2.05) is 13.0 Å². The highest BCUT2D eigenvalue weighted by molar-refractivity contribution is 5.91. The third-order valence-electron chi connectivity index (χ3n) is 2.92. The van der Waals surface area contributed by atoms with Crippen molar-refractivity contribution in [1.82, 2.24) is 9.78 Å². The van der Waals surface area contributed by atoms with Gasteiger partial charge in [-0.25, -0.2) is 0 Å². The number of hydrogen-bond acceptors (Lipinski definition) is 4. The molecule has 0 atom stereocenters. The van der Waals surface area contributed by atoms with Gasteiger partial charge < -0.3 is 5.32 Å². The Balaban J connectivity index is 2.08. The third kappa shape index (κ3) is 3.00. The predicted octanol–water partition coefficient (Wildman–Crippen LogP) is 2.05. The van der Waals surface area contributed by atoms with Crippen LogP contribution < -0.4 is 5.32 Å². The van der Waals surface area contributed by atoms with Crippen LogP contribution in [0.5, 0.6) is 0 Å². The highest BCUT2D eigenvalue weighted by Crippen LogP contribution is 2.21. The van der Waals surface area contributed by atoms with Crippen LogP contribution in [0.4, 0.5) is 11.4 Å². The number of non-ortho nitro benzene ring substituents is 1. The van der Waals surface area contributed by atoms with E-state index in [1.165, 1.54) is 18.2 Å². The number of benzene rings is 1. The number of nitro benzene ring substituents is 1. The van der Waals surface area contributed by atoms with E-state index in [4.69, 9.17) is 0 Å². The van der Waals surface area contributed by atoms with E-state index in [-0.39, 0.29) is 18.1 Å². The van der Waals surface area contributed by atoms with Crippen LogP contribution in [0.3, 0.4) is 0 Å². The summed E-state index contributed by atoms with van der Waals surface area (Å²) < 4.78 is 1.58. The maximum Gasteiger partial charge on any atom is 0.269 e. The molecule has 1 amide bonds. The van der Waals surface area contributed by atoms with E-state index in [2.05, 4.69) is 10.4 Å². The molecule has 0 saturated carbocycles. The highest BCUT2D eigenvalue weighted by Gasteiger charge is 2.11. The van der Waals surface area contributed by atoms with Gasteiger partial charge in [0, 0.05) is 29.7 Å². The first-order chi connectivity index (χ1) is 9.47. The number of nitrogens with one attached hydrogen (secondary N) is 1. The summed E-state index contributed by atoms with van der Waals surface area (Å²) in [4.78, 5) is 22.1.